The summed E-state index contributed by atoms with van der Waals surface area (Å²) in [5.41, 5.74) is -1.19. The second kappa shape index (κ2) is 12.1. The molecule has 0 unspecified atom stereocenters. The van der Waals surface area contributed by atoms with E-state index < -0.39 is 83.9 Å². The Labute approximate surface area is 232 Å². The molecule has 3 fully saturated rings. The topological polar surface area (TPSA) is 134 Å². The normalized spacial score (nSPS) is 26.3. The molecule has 3 rings (SSSR count). The Bertz CT molecular complexity index is 1040. The molecule has 0 aromatic rings. The first kappa shape index (κ1) is 32.6. The van der Waals surface area contributed by atoms with Gasteiger partial charge in [-0.2, -0.15) is 13.2 Å². The van der Waals surface area contributed by atoms with E-state index in [2.05, 4.69) is 15.4 Å². The van der Waals surface area contributed by atoms with E-state index in [1.807, 2.05) is 0 Å². The lowest BCUT2D eigenvalue weighted by atomic mass is 9.85. The molecular formula is C25H34F6N4O6. The van der Waals surface area contributed by atoms with Crippen LogP contribution in [0.4, 0.5) is 26.3 Å². The van der Waals surface area contributed by atoms with Gasteiger partial charge in [0.05, 0.1) is 6.04 Å². The van der Waals surface area contributed by atoms with Gasteiger partial charge in [-0.1, -0.05) is 27.2 Å². The fourth-order valence-electron chi connectivity index (χ4n) is 5.83. The van der Waals surface area contributed by atoms with Crippen molar-refractivity contribution in [3.63, 3.8) is 0 Å². The Balaban J connectivity index is 1.87. The molecule has 41 heavy (non-hydrogen) atoms. The molecule has 1 saturated carbocycles. The number of nitrogens with one attached hydrogen (secondary N) is 3. The van der Waals surface area contributed by atoms with Crippen LogP contribution in [0.3, 0.4) is 0 Å². The molecule has 0 bridgehead atoms. The van der Waals surface area contributed by atoms with Crippen molar-refractivity contribution in [2.24, 2.45) is 23.2 Å². The summed E-state index contributed by atoms with van der Waals surface area (Å²) in [5, 5.41) is 6.68. The number of hydrogen-bond donors (Lipinski definition) is 3. The number of fused-ring (bicyclic) bond motifs is 1. The first-order chi connectivity index (χ1) is 18.8. The van der Waals surface area contributed by atoms with Crippen molar-refractivity contribution in [2.75, 3.05) is 19.7 Å². The molecule has 3 N–H and O–H groups in total. The lowest BCUT2D eigenvalue weighted by Gasteiger charge is -2.36. The molecule has 1 aliphatic carbocycles. The largest absolute Gasteiger partial charge is 0.522 e. The zero-order valence-corrected chi connectivity index (χ0v) is 22.8. The third-order valence-corrected chi connectivity index (χ3v) is 7.85. The van der Waals surface area contributed by atoms with E-state index in [-0.39, 0.29) is 31.8 Å². The quantitative estimate of drug-likeness (QED) is 0.346. The van der Waals surface area contributed by atoms with Gasteiger partial charge in [0.25, 0.3) is 0 Å². The first-order valence-corrected chi connectivity index (χ1v) is 13.3. The van der Waals surface area contributed by atoms with Gasteiger partial charge in [0.15, 0.2) is 5.78 Å². The molecule has 0 radical (unpaired) electrons. The minimum Gasteiger partial charge on any atom is -0.356 e. The second-order valence-corrected chi connectivity index (χ2v) is 11.8. The van der Waals surface area contributed by atoms with E-state index in [9.17, 15) is 50.3 Å². The Kier molecular flexibility index (Phi) is 9.65. The summed E-state index contributed by atoms with van der Waals surface area (Å²) in [6.07, 6.45) is -8.59. The van der Waals surface area contributed by atoms with Crippen LogP contribution in [0.5, 0.6) is 0 Å². The highest BCUT2D eigenvalue weighted by Gasteiger charge is 2.53. The van der Waals surface area contributed by atoms with Gasteiger partial charge in [0.1, 0.15) is 18.7 Å². The summed E-state index contributed by atoms with van der Waals surface area (Å²) in [6.45, 7) is 3.21. The minimum atomic E-state index is -5.26. The van der Waals surface area contributed by atoms with Crippen molar-refractivity contribution in [1.82, 2.24) is 20.9 Å². The molecule has 4 amide bonds. The monoisotopic (exact) mass is 600 g/mol. The lowest BCUT2D eigenvalue weighted by molar-refractivity contribution is -0.321. The molecule has 3 aliphatic rings. The zero-order chi connectivity index (χ0) is 30.9. The highest BCUT2D eigenvalue weighted by molar-refractivity contribution is 5.96. The van der Waals surface area contributed by atoms with Crippen LogP contribution >= 0.6 is 0 Å². The van der Waals surface area contributed by atoms with Gasteiger partial charge in [0.2, 0.25) is 17.7 Å². The number of rotatable bonds is 9. The summed E-state index contributed by atoms with van der Waals surface area (Å²) in [4.78, 5) is 65.0. The van der Waals surface area contributed by atoms with Crippen LogP contribution in [0.2, 0.25) is 0 Å². The molecule has 232 valence electrons. The van der Waals surface area contributed by atoms with Crippen molar-refractivity contribution < 1.29 is 55.1 Å². The van der Waals surface area contributed by atoms with Crippen LogP contribution in [0.15, 0.2) is 0 Å². The second-order valence-electron chi connectivity index (χ2n) is 11.8. The standard InChI is InChI=1S/C25H34F6N4O6/c1-23(2,3)18(34-22(40)24(26,27)28)21(39)35-10-13-5-4-6-14(13)17(35)20(38)33-15(9-12-7-8-32-19(12)37)16(36)11-41-25(29,30)31/h12-15,17-18H,4-11H2,1-3H3,(H,32,37)(H,33,38)(H,34,40)/t12-,13-,14-,15-,17-,18+/m0/s1. The number of ketones is 1. The van der Waals surface area contributed by atoms with Gasteiger partial charge < -0.3 is 20.9 Å². The maximum atomic E-state index is 13.7. The average Bonchev–Trinajstić information content (AvgIpc) is 3.54. The Hall–Kier alpha value is -2.91. The molecule has 16 heteroatoms. The minimum absolute atomic E-state index is 0.0108. The number of likely N-dealkylation sites (tertiary alicyclic amines) is 1. The molecule has 0 aromatic carbocycles. The number of hydrogen-bond acceptors (Lipinski definition) is 6. The van der Waals surface area contributed by atoms with Crippen molar-refractivity contribution in [2.45, 2.75) is 83.5 Å². The first-order valence-electron chi connectivity index (χ1n) is 13.3. The van der Waals surface area contributed by atoms with E-state index in [0.29, 0.717) is 19.3 Å². The number of ether oxygens (including phenoxy) is 1. The van der Waals surface area contributed by atoms with Crippen LogP contribution < -0.4 is 16.0 Å². The molecule has 0 aromatic heterocycles. The van der Waals surface area contributed by atoms with Gasteiger partial charge >= 0.3 is 18.4 Å². The smallest absolute Gasteiger partial charge is 0.356 e. The molecule has 2 heterocycles. The van der Waals surface area contributed by atoms with Crippen molar-refractivity contribution in [1.29, 1.82) is 0 Å². The number of amides is 4. The number of carbonyl (C=O) groups excluding carboxylic acids is 5. The number of nitrogens with zero attached hydrogens (tertiary/aromatic N) is 1. The van der Waals surface area contributed by atoms with E-state index in [1.54, 1.807) is 5.32 Å². The molecule has 0 spiro atoms. The third-order valence-electron chi connectivity index (χ3n) is 7.85. The fourth-order valence-corrected chi connectivity index (χ4v) is 5.83. The Morgan fingerprint density at radius 2 is 1.68 bits per heavy atom. The molecule has 2 saturated heterocycles. The molecule has 6 atom stereocenters. The molecule has 2 aliphatic heterocycles. The van der Waals surface area contributed by atoms with Gasteiger partial charge in [-0.05, 0) is 42.9 Å². The summed E-state index contributed by atoms with van der Waals surface area (Å²) in [6, 6.07) is -4.47. The number of halogens is 6. The number of carbonyl (C=O) groups is 5. The third kappa shape index (κ3) is 8.10. The number of alkyl halides is 6. The van der Waals surface area contributed by atoms with Crippen LogP contribution in [-0.4, -0.2) is 84.7 Å². The predicted octanol–water partition coefficient (Wildman–Crippen LogP) is 1.82. The summed E-state index contributed by atoms with van der Waals surface area (Å²) >= 11 is 0. The highest BCUT2D eigenvalue weighted by Crippen LogP contribution is 2.43. The van der Waals surface area contributed by atoms with Crippen molar-refractivity contribution >= 4 is 29.4 Å². The van der Waals surface area contributed by atoms with Gasteiger partial charge in [-0.15, -0.1) is 13.2 Å². The number of Topliss-reactive ketones (excluding diaryl/α,β-unsaturated/α-hetero) is 1. The lowest BCUT2D eigenvalue weighted by Crippen LogP contribution is -2.60. The van der Waals surface area contributed by atoms with E-state index >= 15 is 0 Å². The van der Waals surface area contributed by atoms with Gasteiger partial charge in [-0.25, -0.2) is 0 Å². The highest BCUT2D eigenvalue weighted by atomic mass is 19.4. The van der Waals surface area contributed by atoms with Gasteiger partial charge in [-0.3, -0.25) is 28.7 Å². The van der Waals surface area contributed by atoms with E-state index in [4.69, 9.17) is 0 Å². The van der Waals surface area contributed by atoms with Gasteiger partial charge in [0, 0.05) is 19.0 Å². The Morgan fingerprint density at radius 1 is 1.02 bits per heavy atom. The SMILES string of the molecule is CC(C)(C)[C@H](NC(=O)C(F)(F)F)C(=O)N1C[C@@H]2CCC[C@@H]2[C@H]1C(=O)N[C@@H](C[C@@H]1CCNC1=O)C(=O)COC(F)(F)F. The maximum absolute atomic E-state index is 13.7. The van der Waals surface area contributed by atoms with Crippen LogP contribution in [0.25, 0.3) is 0 Å². The van der Waals surface area contributed by atoms with E-state index in [1.165, 1.54) is 20.8 Å². The predicted molar refractivity (Wildman–Crippen MR) is 128 cm³/mol. The molecule has 10 nitrogen and oxygen atoms in total. The molecular weight excluding hydrogens is 566 g/mol. The summed E-state index contributed by atoms with van der Waals surface area (Å²) < 4.78 is 80.6. The summed E-state index contributed by atoms with van der Waals surface area (Å²) in [7, 11) is 0. The zero-order valence-electron chi connectivity index (χ0n) is 22.8. The summed E-state index contributed by atoms with van der Waals surface area (Å²) in [5.74, 6) is -7.08. The van der Waals surface area contributed by atoms with Crippen LogP contribution in [-0.2, 0) is 28.7 Å². The van der Waals surface area contributed by atoms with E-state index in [0.717, 1.165) is 4.90 Å². The van der Waals surface area contributed by atoms with Crippen molar-refractivity contribution in [3.05, 3.63) is 0 Å². The van der Waals surface area contributed by atoms with Crippen LogP contribution in [0, 0.1) is 23.2 Å². The van der Waals surface area contributed by atoms with Crippen LogP contribution in [0.1, 0.15) is 52.9 Å². The fraction of sp³-hybridized carbons (Fsp3) is 0.800. The average molecular weight is 601 g/mol. The maximum Gasteiger partial charge on any atom is 0.522 e. The Morgan fingerprint density at radius 3 is 2.22 bits per heavy atom. The van der Waals surface area contributed by atoms with Crippen molar-refractivity contribution in [3.8, 4) is 0 Å².